The fourth-order valence-electron chi connectivity index (χ4n) is 3.23. The molecule has 2 aromatic rings. The first-order valence-corrected chi connectivity index (χ1v) is 8.82. The van der Waals surface area contributed by atoms with E-state index in [0.717, 1.165) is 29.0 Å². The van der Waals surface area contributed by atoms with Crippen LogP contribution in [-0.2, 0) is 23.9 Å². The summed E-state index contributed by atoms with van der Waals surface area (Å²) in [4.78, 5) is 16.5. The van der Waals surface area contributed by atoms with E-state index >= 15 is 0 Å². The number of carbonyl (C=O) groups is 1. The molecule has 1 amide bonds. The average Bonchev–Trinajstić information content (AvgIpc) is 2.94. The lowest BCUT2D eigenvalue weighted by Gasteiger charge is -2.34. The van der Waals surface area contributed by atoms with E-state index in [0.29, 0.717) is 38.5 Å². The Morgan fingerprint density at radius 2 is 1.74 bits per heavy atom. The Morgan fingerprint density at radius 1 is 1.11 bits per heavy atom. The molecule has 27 heavy (non-hydrogen) atoms. The molecule has 3 rings (SSSR count). The minimum Gasteiger partial charge on any atom is -0.361 e. The van der Waals surface area contributed by atoms with Crippen molar-refractivity contribution in [1.29, 1.82) is 0 Å². The summed E-state index contributed by atoms with van der Waals surface area (Å²) in [5, 5.41) is 3.87. The van der Waals surface area contributed by atoms with E-state index in [1.807, 2.05) is 11.8 Å². The minimum absolute atomic E-state index is 0.0404. The maximum absolute atomic E-state index is 12.6. The maximum atomic E-state index is 12.6. The molecular weight excluding hydrogens is 359 g/mol. The van der Waals surface area contributed by atoms with Gasteiger partial charge in [0.05, 0.1) is 17.7 Å². The molecular formula is C19H22F3N3O2. The Balaban J connectivity index is 1.51. The number of hydrogen-bond donors (Lipinski definition) is 0. The number of halogens is 3. The van der Waals surface area contributed by atoms with Crippen LogP contribution in [0.25, 0.3) is 0 Å². The molecule has 0 atom stereocenters. The summed E-state index contributed by atoms with van der Waals surface area (Å²) < 4.78 is 43.0. The highest BCUT2D eigenvalue weighted by Gasteiger charge is 2.30. The molecule has 0 unspecified atom stereocenters. The lowest BCUT2D eigenvalue weighted by Crippen LogP contribution is -2.48. The molecule has 1 fully saturated rings. The molecule has 1 saturated heterocycles. The van der Waals surface area contributed by atoms with Gasteiger partial charge in [-0.3, -0.25) is 9.69 Å². The van der Waals surface area contributed by atoms with E-state index in [2.05, 4.69) is 10.1 Å². The summed E-state index contributed by atoms with van der Waals surface area (Å²) >= 11 is 0. The smallest absolute Gasteiger partial charge is 0.361 e. The van der Waals surface area contributed by atoms with Crippen molar-refractivity contribution < 1.29 is 22.5 Å². The highest BCUT2D eigenvalue weighted by molar-refractivity contribution is 5.79. The predicted molar refractivity (Wildman–Crippen MR) is 93.0 cm³/mol. The molecule has 0 aliphatic carbocycles. The zero-order chi connectivity index (χ0) is 19.6. The van der Waals surface area contributed by atoms with E-state index in [4.69, 9.17) is 4.52 Å². The topological polar surface area (TPSA) is 49.6 Å². The first kappa shape index (κ1) is 19.4. The van der Waals surface area contributed by atoms with Gasteiger partial charge < -0.3 is 9.42 Å². The Bertz CT molecular complexity index is 772. The van der Waals surface area contributed by atoms with Gasteiger partial charge in [-0.1, -0.05) is 17.3 Å². The van der Waals surface area contributed by atoms with Gasteiger partial charge in [-0.15, -0.1) is 0 Å². The Labute approximate surface area is 155 Å². The number of rotatable bonds is 4. The highest BCUT2D eigenvalue weighted by atomic mass is 19.4. The summed E-state index contributed by atoms with van der Waals surface area (Å²) in [6.45, 7) is 6.77. The van der Waals surface area contributed by atoms with Crippen molar-refractivity contribution in [3.05, 3.63) is 52.4 Å². The summed E-state index contributed by atoms with van der Waals surface area (Å²) in [6, 6.07) is 5.24. The van der Waals surface area contributed by atoms with Crippen LogP contribution < -0.4 is 0 Å². The van der Waals surface area contributed by atoms with Crippen LogP contribution in [0.1, 0.15) is 28.1 Å². The molecule has 0 radical (unpaired) electrons. The van der Waals surface area contributed by atoms with Crippen molar-refractivity contribution in [3.8, 4) is 0 Å². The van der Waals surface area contributed by atoms with Gasteiger partial charge in [0, 0.05) is 38.3 Å². The first-order valence-electron chi connectivity index (χ1n) is 8.82. The van der Waals surface area contributed by atoms with Crippen molar-refractivity contribution in [2.24, 2.45) is 0 Å². The summed E-state index contributed by atoms with van der Waals surface area (Å²) in [5.74, 6) is 0.709. The second kappa shape index (κ2) is 7.72. The summed E-state index contributed by atoms with van der Waals surface area (Å²) in [7, 11) is 0. The van der Waals surface area contributed by atoms with Crippen molar-refractivity contribution in [2.75, 3.05) is 26.2 Å². The van der Waals surface area contributed by atoms with E-state index in [1.165, 1.54) is 12.1 Å². The second-order valence-corrected chi connectivity index (χ2v) is 6.83. The monoisotopic (exact) mass is 381 g/mol. The SMILES string of the molecule is Cc1noc(C)c1CC(=O)N1CCN(Cc2ccc(C(F)(F)F)cc2)CC1. The Morgan fingerprint density at radius 3 is 2.26 bits per heavy atom. The summed E-state index contributed by atoms with van der Waals surface area (Å²) in [6.07, 6.45) is -4.04. The average molecular weight is 381 g/mol. The number of amides is 1. The van der Waals surface area contributed by atoms with Gasteiger partial charge >= 0.3 is 6.18 Å². The van der Waals surface area contributed by atoms with Crippen molar-refractivity contribution >= 4 is 5.91 Å². The molecule has 1 aliphatic heterocycles. The number of nitrogens with zero attached hydrogens (tertiary/aromatic N) is 3. The van der Waals surface area contributed by atoms with Gasteiger partial charge in [-0.2, -0.15) is 13.2 Å². The third-order valence-electron chi connectivity index (χ3n) is 4.92. The molecule has 8 heteroatoms. The number of aryl methyl sites for hydroxylation is 2. The molecule has 0 saturated carbocycles. The van der Waals surface area contributed by atoms with E-state index < -0.39 is 11.7 Å². The summed E-state index contributed by atoms with van der Waals surface area (Å²) in [5.41, 5.74) is 1.77. The third kappa shape index (κ3) is 4.68. The van der Waals surface area contributed by atoms with E-state index in [1.54, 1.807) is 6.92 Å². The minimum atomic E-state index is -4.31. The van der Waals surface area contributed by atoms with Crippen LogP contribution in [0.3, 0.4) is 0 Å². The number of alkyl halides is 3. The number of aromatic nitrogens is 1. The lowest BCUT2D eigenvalue weighted by molar-refractivity contribution is -0.137. The zero-order valence-corrected chi connectivity index (χ0v) is 15.3. The largest absolute Gasteiger partial charge is 0.416 e. The fourth-order valence-corrected chi connectivity index (χ4v) is 3.23. The first-order chi connectivity index (χ1) is 12.7. The quantitative estimate of drug-likeness (QED) is 0.816. The molecule has 5 nitrogen and oxygen atoms in total. The number of benzene rings is 1. The molecule has 1 aliphatic rings. The van der Waals surface area contributed by atoms with E-state index in [-0.39, 0.29) is 12.3 Å². The van der Waals surface area contributed by atoms with Gasteiger partial charge in [0.25, 0.3) is 0 Å². The third-order valence-corrected chi connectivity index (χ3v) is 4.92. The molecule has 1 aromatic heterocycles. The molecule has 146 valence electrons. The van der Waals surface area contributed by atoms with Gasteiger partial charge in [0.15, 0.2) is 0 Å². The van der Waals surface area contributed by atoms with E-state index in [9.17, 15) is 18.0 Å². The predicted octanol–water partition coefficient (Wildman–Crippen LogP) is 3.20. The van der Waals surface area contributed by atoms with Crippen molar-refractivity contribution in [2.45, 2.75) is 33.0 Å². The normalized spacial score (nSPS) is 16.0. The van der Waals surface area contributed by atoms with Crippen LogP contribution in [0.15, 0.2) is 28.8 Å². The lowest BCUT2D eigenvalue weighted by atomic mass is 10.1. The Kier molecular flexibility index (Phi) is 5.55. The van der Waals surface area contributed by atoms with Gasteiger partial charge in [-0.25, -0.2) is 0 Å². The zero-order valence-electron chi connectivity index (χ0n) is 15.3. The molecule has 0 N–H and O–H groups in total. The van der Waals surface area contributed by atoms with Crippen molar-refractivity contribution in [1.82, 2.24) is 15.0 Å². The standard InChI is InChI=1S/C19H22F3N3O2/c1-13-17(14(2)27-23-13)11-18(26)25-9-7-24(8-10-25)12-15-3-5-16(6-4-15)19(20,21)22/h3-6H,7-12H2,1-2H3. The molecule has 2 heterocycles. The molecule has 0 spiro atoms. The molecule has 0 bridgehead atoms. The van der Waals surface area contributed by atoms with Crippen LogP contribution in [-0.4, -0.2) is 47.0 Å². The maximum Gasteiger partial charge on any atom is 0.416 e. The van der Waals surface area contributed by atoms with Crippen LogP contribution in [0.2, 0.25) is 0 Å². The number of carbonyl (C=O) groups excluding carboxylic acids is 1. The van der Waals surface area contributed by atoms with Gasteiger partial charge in [0.1, 0.15) is 5.76 Å². The van der Waals surface area contributed by atoms with Crippen LogP contribution >= 0.6 is 0 Å². The fraction of sp³-hybridized carbons (Fsp3) is 0.474. The van der Waals surface area contributed by atoms with Gasteiger partial charge in [-0.05, 0) is 31.5 Å². The second-order valence-electron chi connectivity index (χ2n) is 6.83. The van der Waals surface area contributed by atoms with Crippen LogP contribution in [0.4, 0.5) is 13.2 Å². The highest BCUT2D eigenvalue weighted by Crippen LogP contribution is 2.29. The number of piperazine rings is 1. The van der Waals surface area contributed by atoms with Crippen LogP contribution in [0.5, 0.6) is 0 Å². The van der Waals surface area contributed by atoms with Crippen LogP contribution in [0, 0.1) is 13.8 Å². The number of hydrogen-bond acceptors (Lipinski definition) is 4. The molecule has 1 aromatic carbocycles. The van der Waals surface area contributed by atoms with Gasteiger partial charge in [0.2, 0.25) is 5.91 Å². The van der Waals surface area contributed by atoms with Crippen molar-refractivity contribution in [3.63, 3.8) is 0 Å². The Hall–Kier alpha value is -2.35.